The average molecular weight is 285 g/mol. The van der Waals surface area contributed by atoms with E-state index in [-0.39, 0.29) is 11.8 Å². The number of aromatic nitrogens is 1. The van der Waals surface area contributed by atoms with Crippen molar-refractivity contribution in [3.05, 3.63) is 36.5 Å². The molecule has 0 saturated carbocycles. The van der Waals surface area contributed by atoms with Gasteiger partial charge in [0.15, 0.2) is 0 Å². The lowest BCUT2D eigenvalue weighted by Gasteiger charge is -2.16. The van der Waals surface area contributed by atoms with Crippen molar-refractivity contribution in [2.45, 2.75) is 26.7 Å². The highest BCUT2D eigenvalue weighted by atomic mass is 16.1. The number of amides is 1. The van der Waals surface area contributed by atoms with Crippen LogP contribution in [0.25, 0.3) is 10.9 Å². The van der Waals surface area contributed by atoms with Crippen LogP contribution >= 0.6 is 0 Å². The van der Waals surface area contributed by atoms with Gasteiger partial charge >= 0.3 is 0 Å². The molecule has 1 amide bonds. The van der Waals surface area contributed by atoms with Crippen molar-refractivity contribution >= 4 is 22.5 Å². The largest absolute Gasteiger partial charge is 0.330 e. The van der Waals surface area contributed by atoms with Gasteiger partial charge < -0.3 is 11.1 Å². The maximum Gasteiger partial charge on any atom is 0.224 e. The second-order valence-electron chi connectivity index (χ2n) is 5.90. The number of nitrogens with zero attached hydrogens (tertiary/aromatic N) is 1. The maximum atomic E-state index is 12.1. The number of carbonyl (C=O) groups is 1. The van der Waals surface area contributed by atoms with E-state index in [0.717, 1.165) is 23.0 Å². The molecule has 1 aromatic carbocycles. The molecule has 112 valence electrons. The Hall–Kier alpha value is -1.94. The minimum absolute atomic E-state index is 0.00295. The predicted molar refractivity (Wildman–Crippen MR) is 87.0 cm³/mol. The summed E-state index contributed by atoms with van der Waals surface area (Å²) in [5.74, 6) is 0.787. The molecule has 2 rings (SSSR count). The van der Waals surface area contributed by atoms with E-state index in [9.17, 15) is 4.79 Å². The van der Waals surface area contributed by atoms with Crippen LogP contribution in [0.4, 0.5) is 5.69 Å². The van der Waals surface area contributed by atoms with Crippen molar-refractivity contribution in [3.63, 3.8) is 0 Å². The van der Waals surface area contributed by atoms with Gasteiger partial charge in [-0.05, 0) is 36.9 Å². The number of nitrogens with one attached hydrogen (secondary N) is 1. The second-order valence-corrected chi connectivity index (χ2v) is 5.90. The number of fused-ring (bicyclic) bond motifs is 1. The Labute approximate surface area is 125 Å². The minimum atomic E-state index is 0.00295. The molecule has 0 fully saturated rings. The van der Waals surface area contributed by atoms with Crippen molar-refractivity contribution < 1.29 is 4.79 Å². The molecule has 21 heavy (non-hydrogen) atoms. The molecule has 1 unspecified atom stereocenters. The van der Waals surface area contributed by atoms with Crippen LogP contribution in [0.2, 0.25) is 0 Å². The van der Waals surface area contributed by atoms with Gasteiger partial charge in [-0.25, -0.2) is 0 Å². The summed E-state index contributed by atoms with van der Waals surface area (Å²) < 4.78 is 0. The summed E-state index contributed by atoms with van der Waals surface area (Å²) in [5.41, 5.74) is 7.41. The van der Waals surface area contributed by atoms with Crippen LogP contribution in [-0.4, -0.2) is 17.4 Å². The normalized spacial score (nSPS) is 12.6. The van der Waals surface area contributed by atoms with Gasteiger partial charge in [0.1, 0.15) is 0 Å². The summed E-state index contributed by atoms with van der Waals surface area (Å²) in [6.45, 7) is 4.84. The molecule has 4 heteroatoms. The Morgan fingerprint density at radius 1 is 1.33 bits per heavy atom. The molecule has 0 bridgehead atoms. The maximum absolute atomic E-state index is 12.1. The smallest absolute Gasteiger partial charge is 0.224 e. The van der Waals surface area contributed by atoms with Crippen LogP contribution in [0, 0.1) is 11.8 Å². The van der Waals surface area contributed by atoms with Gasteiger partial charge in [-0.2, -0.15) is 0 Å². The third kappa shape index (κ3) is 4.53. The monoisotopic (exact) mass is 285 g/mol. The molecule has 0 aliphatic heterocycles. The zero-order chi connectivity index (χ0) is 15.2. The predicted octanol–water partition coefficient (Wildman–Crippen LogP) is 3.18. The molecule has 0 spiro atoms. The van der Waals surface area contributed by atoms with E-state index < -0.39 is 0 Å². The quantitative estimate of drug-likeness (QED) is 0.856. The van der Waals surface area contributed by atoms with Crippen LogP contribution in [0.15, 0.2) is 36.5 Å². The number of nitrogens with two attached hydrogens (primary N) is 1. The number of benzene rings is 1. The fourth-order valence-corrected chi connectivity index (χ4v) is 2.54. The summed E-state index contributed by atoms with van der Waals surface area (Å²) >= 11 is 0. The molecule has 1 aromatic heterocycles. The average Bonchev–Trinajstić information content (AvgIpc) is 2.45. The van der Waals surface area contributed by atoms with Gasteiger partial charge in [0.05, 0.1) is 17.4 Å². The highest BCUT2D eigenvalue weighted by molar-refractivity contribution is 5.93. The van der Waals surface area contributed by atoms with Crippen molar-refractivity contribution in [2.24, 2.45) is 17.6 Å². The van der Waals surface area contributed by atoms with Crippen LogP contribution in [-0.2, 0) is 4.79 Å². The van der Waals surface area contributed by atoms with Crippen LogP contribution < -0.4 is 11.1 Å². The molecular formula is C17H23N3O. The number of para-hydroxylation sites is 1. The van der Waals surface area contributed by atoms with E-state index in [1.54, 1.807) is 6.20 Å². The molecule has 1 atom stereocenters. The van der Waals surface area contributed by atoms with Crippen LogP contribution in [0.3, 0.4) is 0 Å². The summed E-state index contributed by atoms with van der Waals surface area (Å²) in [6.07, 6.45) is 3.13. The van der Waals surface area contributed by atoms with E-state index in [1.807, 2.05) is 30.3 Å². The molecule has 1 heterocycles. The van der Waals surface area contributed by atoms with E-state index in [2.05, 4.69) is 24.1 Å². The van der Waals surface area contributed by atoms with Gasteiger partial charge in [-0.3, -0.25) is 9.78 Å². The van der Waals surface area contributed by atoms with Crippen molar-refractivity contribution in [1.82, 2.24) is 4.98 Å². The topological polar surface area (TPSA) is 68.0 Å². The third-order valence-corrected chi connectivity index (χ3v) is 3.49. The minimum Gasteiger partial charge on any atom is -0.330 e. The number of carbonyl (C=O) groups excluding carboxylic acids is 1. The van der Waals surface area contributed by atoms with Gasteiger partial charge in [0.25, 0.3) is 0 Å². The lowest BCUT2D eigenvalue weighted by molar-refractivity contribution is -0.117. The molecule has 0 aliphatic carbocycles. The van der Waals surface area contributed by atoms with E-state index >= 15 is 0 Å². The Morgan fingerprint density at radius 2 is 2.10 bits per heavy atom. The van der Waals surface area contributed by atoms with E-state index in [0.29, 0.717) is 18.9 Å². The molecule has 0 aliphatic rings. The van der Waals surface area contributed by atoms with E-state index in [1.165, 1.54) is 0 Å². The zero-order valence-corrected chi connectivity index (χ0v) is 12.7. The molecular weight excluding hydrogens is 262 g/mol. The molecule has 4 nitrogen and oxygen atoms in total. The van der Waals surface area contributed by atoms with E-state index in [4.69, 9.17) is 5.73 Å². The highest BCUT2D eigenvalue weighted by Crippen LogP contribution is 2.18. The first-order chi connectivity index (χ1) is 10.1. The number of pyridine rings is 1. The van der Waals surface area contributed by atoms with Gasteiger partial charge in [0, 0.05) is 11.8 Å². The Bertz CT molecular complexity index is 610. The van der Waals surface area contributed by atoms with Crippen LogP contribution in [0.1, 0.15) is 26.7 Å². The Balaban J connectivity index is 2.00. The number of rotatable bonds is 6. The first-order valence-electron chi connectivity index (χ1n) is 7.43. The van der Waals surface area contributed by atoms with Gasteiger partial charge in [0.2, 0.25) is 5.91 Å². The fraction of sp³-hybridized carbons (Fsp3) is 0.412. The van der Waals surface area contributed by atoms with Gasteiger partial charge in [-0.15, -0.1) is 0 Å². The first kappa shape index (κ1) is 15.4. The fourth-order valence-electron chi connectivity index (χ4n) is 2.54. The summed E-state index contributed by atoms with van der Waals surface area (Å²) in [4.78, 5) is 16.4. The lowest BCUT2D eigenvalue weighted by atomic mass is 9.94. The summed E-state index contributed by atoms with van der Waals surface area (Å²) in [7, 11) is 0. The Kier molecular flexibility index (Phi) is 5.28. The molecule has 2 aromatic rings. The number of hydrogen-bond donors (Lipinski definition) is 2. The second kappa shape index (κ2) is 7.18. The zero-order valence-electron chi connectivity index (χ0n) is 12.7. The molecule has 0 radical (unpaired) electrons. The third-order valence-electron chi connectivity index (χ3n) is 3.49. The van der Waals surface area contributed by atoms with Crippen molar-refractivity contribution in [2.75, 3.05) is 11.9 Å². The summed E-state index contributed by atoms with van der Waals surface area (Å²) in [5, 5.41) is 3.94. The summed E-state index contributed by atoms with van der Waals surface area (Å²) in [6, 6.07) is 9.79. The SMILES string of the molecule is CC(C)CC(CN)CC(=O)Nc1cnc2ccccc2c1. The number of anilines is 1. The van der Waals surface area contributed by atoms with Gasteiger partial charge in [-0.1, -0.05) is 32.0 Å². The molecule has 0 saturated heterocycles. The van der Waals surface area contributed by atoms with Crippen molar-refractivity contribution in [3.8, 4) is 0 Å². The van der Waals surface area contributed by atoms with Crippen molar-refractivity contribution in [1.29, 1.82) is 0 Å². The number of hydrogen-bond acceptors (Lipinski definition) is 3. The standard InChI is InChI=1S/C17H23N3O/c1-12(2)7-13(10-18)8-17(21)20-15-9-14-5-3-4-6-16(14)19-11-15/h3-6,9,11-13H,7-8,10,18H2,1-2H3,(H,20,21). The lowest BCUT2D eigenvalue weighted by Crippen LogP contribution is -2.23. The molecule has 3 N–H and O–H groups in total. The first-order valence-corrected chi connectivity index (χ1v) is 7.43. The highest BCUT2D eigenvalue weighted by Gasteiger charge is 2.14. The van der Waals surface area contributed by atoms with Crippen LogP contribution in [0.5, 0.6) is 0 Å². The Morgan fingerprint density at radius 3 is 2.81 bits per heavy atom.